The van der Waals surface area contributed by atoms with Gasteiger partial charge in [-0.15, -0.1) is 0 Å². The van der Waals surface area contributed by atoms with E-state index in [9.17, 15) is 8.42 Å². The zero-order valence-corrected chi connectivity index (χ0v) is 11.3. The van der Waals surface area contributed by atoms with Crippen LogP contribution < -0.4 is 10.0 Å². The highest BCUT2D eigenvalue weighted by Gasteiger charge is 2.06. The van der Waals surface area contributed by atoms with Gasteiger partial charge in [0.2, 0.25) is 10.0 Å². The van der Waals surface area contributed by atoms with Crippen LogP contribution in [0.4, 0.5) is 0 Å². The van der Waals surface area contributed by atoms with E-state index in [4.69, 9.17) is 0 Å². The van der Waals surface area contributed by atoms with Gasteiger partial charge in [-0.2, -0.15) is 5.10 Å². The van der Waals surface area contributed by atoms with Crippen LogP contribution in [0.25, 0.3) is 0 Å². The summed E-state index contributed by atoms with van der Waals surface area (Å²) in [5.41, 5.74) is 1.06. The number of sulfonamides is 1. The Bertz CT molecular complexity index is 439. The van der Waals surface area contributed by atoms with Gasteiger partial charge >= 0.3 is 0 Å². The molecule has 0 saturated carbocycles. The van der Waals surface area contributed by atoms with E-state index in [0.717, 1.165) is 5.56 Å². The molecule has 0 radical (unpaired) electrons. The molecule has 1 rings (SSSR count). The monoisotopic (exact) mass is 260 g/mol. The lowest BCUT2D eigenvalue weighted by Gasteiger charge is -2.04. The average Bonchev–Trinajstić information content (AvgIpc) is 2.73. The third-order valence-corrected chi connectivity index (χ3v) is 3.74. The van der Waals surface area contributed by atoms with E-state index in [1.165, 1.54) is 7.05 Å². The molecule has 0 aliphatic carbocycles. The van der Waals surface area contributed by atoms with E-state index in [2.05, 4.69) is 29.0 Å². The van der Waals surface area contributed by atoms with E-state index in [0.29, 0.717) is 19.1 Å². The molecule has 1 aromatic rings. The Morgan fingerprint density at radius 1 is 1.47 bits per heavy atom. The first-order valence-electron chi connectivity index (χ1n) is 5.59. The van der Waals surface area contributed by atoms with Gasteiger partial charge in [-0.25, -0.2) is 13.1 Å². The van der Waals surface area contributed by atoms with Crippen LogP contribution in [-0.4, -0.2) is 37.5 Å². The van der Waals surface area contributed by atoms with Crippen LogP contribution >= 0.6 is 0 Å². The van der Waals surface area contributed by atoms with Crippen LogP contribution in [0.2, 0.25) is 0 Å². The van der Waals surface area contributed by atoms with Gasteiger partial charge in [0.15, 0.2) is 0 Å². The fraction of sp³-hybridized carbons (Fsp3) is 0.700. The smallest absolute Gasteiger partial charge is 0.212 e. The third-order valence-electron chi connectivity index (χ3n) is 2.37. The molecule has 0 aromatic carbocycles. The Morgan fingerprint density at radius 2 is 2.18 bits per heavy atom. The lowest BCUT2D eigenvalue weighted by molar-refractivity contribution is 0.531. The van der Waals surface area contributed by atoms with Crippen molar-refractivity contribution in [2.45, 2.75) is 26.4 Å². The molecule has 0 saturated heterocycles. The van der Waals surface area contributed by atoms with Gasteiger partial charge in [-0.3, -0.25) is 4.68 Å². The molecule has 0 aliphatic heterocycles. The number of aromatic nitrogens is 2. The number of rotatable bonds is 7. The van der Waals surface area contributed by atoms with E-state index in [1.54, 1.807) is 6.20 Å². The van der Waals surface area contributed by atoms with Crippen LogP contribution in [-0.2, 0) is 16.6 Å². The summed E-state index contributed by atoms with van der Waals surface area (Å²) in [6.45, 7) is 5.18. The van der Waals surface area contributed by atoms with E-state index in [1.807, 2.05) is 10.9 Å². The van der Waals surface area contributed by atoms with Crippen molar-refractivity contribution in [3.63, 3.8) is 0 Å². The SMILES string of the molecule is CNS(=O)(=O)CCNCc1cnn(C(C)C)c1. The number of nitrogens with zero attached hydrogens (tertiary/aromatic N) is 2. The minimum atomic E-state index is -3.12. The van der Waals surface area contributed by atoms with Crippen LogP contribution in [0.1, 0.15) is 25.5 Å². The lowest BCUT2D eigenvalue weighted by Crippen LogP contribution is -2.29. The summed E-state index contributed by atoms with van der Waals surface area (Å²) in [6.07, 6.45) is 3.75. The first kappa shape index (κ1) is 14.1. The van der Waals surface area contributed by atoms with Gasteiger partial charge in [-0.1, -0.05) is 0 Å². The zero-order chi connectivity index (χ0) is 12.9. The largest absolute Gasteiger partial charge is 0.311 e. The highest BCUT2D eigenvalue weighted by Crippen LogP contribution is 2.04. The summed E-state index contributed by atoms with van der Waals surface area (Å²) in [6, 6.07) is 0.341. The fourth-order valence-corrected chi connectivity index (χ4v) is 1.91. The summed E-state index contributed by atoms with van der Waals surface area (Å²) < 4.78 is 26.4. The molecule has 1 aromatic heterocycles. The molecule has 0 spiro atoms. The van der Waals surface area contributed by atoms with E-state index in [-0.39, 0.29) is 5.75 Å². The van der Waals surface area contributed by atoms with Gasteiger partial charge in [0.05, 0.1) is 11.9 Å². The zero-order valence-electron chi connectivity index (χ0n) is 10.5. The minimum Gasteiger partial charge on any atom is -0.311 e. The predicted octanol–water partition coefficient (Wildman–Crippen LogP) is 0.103. The second-order valence-corrected chi connectivity index (χ2v) is 6.17. The molecule has 0 aliphatic rings. The normalized spacial score (nSPS) is 12.2. The summed E-state index contributed by atoms with van der Waals surface area (Å²) >= 11 is 0. The topological polar surface area (TPSA) is 76.0 Å². The highest BCUT2D eigenvalue weighted by atomic mass is 32.2. The second-order valence-electron chi connectivity index (χ2n) is 4.12. The Kier molecular flexibility index (Phi) is 5.10. The van der Waals surface area contributed by atoms with Crippen molar-refractivity contribution in [2.24, 2.45) is 0 Å². The Labute approximate surface area is 102 Å². The third kappa shape index (κ3) is 4.84. The lowest BCUT2D eigenvalue weighted by atomic mass is 10.3. The summed E-state index contributed by atoms with van der Waals surface area (Å²) in [5.74, 6) is 0.0851. The fourth-order valence-electron chi connectivity index (χ4n) is 1.29. The molecule has 6 nitrogen and oxygen atoms in total. The van der Waals surface area contributed by atoms with E-state index < -0.39 is 10.0 Å². The average molecular weight is 260 g/mol. The van der Waals surface area contributed by atoms with Crippen LogP contribution in [0.15, 0.2) is 12.4 Å². The number of nitrogens with one attached hydrogen (secondary N) is 2. The van der Waals surface area contributed by atoms with Crippen molar-refractivity contribution in [3.05, 3.63) is 18.0 Å². The molecule has 98 valence electrons. The van der Waals surface area contributed by atoms with Gasteiger partial charge < -0.3 is 5.32 Å². The van der Waals surface area contributed by atoms with Gasteiger partial charge in [-0.05, 0) is 20.9 Å². The summed E-state index contributed by atoms with van der Waals surface area (Å²) in [7, 11) is -1.70. The molecule has 0 atom stereocenters. The number of hydrogen-bond donors (Lipinski definition) is 2. The van der Waals surface area contributed by atoms with E-state index >= 15 is 0 Å². The first-order valence-corrected chi connectivity index (χ1v) is 7.25. The predicted molar refractivity (Wildman–Crippen MR) is 67.2 cm³/mol. The van der Waals surface area contributed by atoms with Crippen molar-refractivity contribution in [1.82, 2.24) is 19.8 Å². The second kappa shape index (κ2) is 6.13. The van der Waals surface area contributed by atoms with Crippen LogP contribution in [0, 0.1) is 0 Å². The number of hydrogen-bond acceptors (Lipinski definition) is 4. The minimum absolute atomic E-state index is 0.0851. The maximum atomic E-state index is 11.1. The van der Waals surface area contributed by atoms with Gasteiger partial charge in [0.25, 0.3) is 0 Å². The molecule has 0 unspecified atom stereocenters. The standard InChI is InChI=1S/C10H20N4O2S/c1-9(2)14-8-10(7-13-14)6-12-4-5-17(15,16)11-3/h7-9,11-12H,4-6H2,1-3H3. The van der Waals surface area contributed by atoms with Crippen molar-refractivity contribution in [3.8, 4) is 0 Å². The van der Waals surface area contributed by atoms with Crippen molar-refractivity contribution < 1.29 is 8.42 Å². The Morgan fingerprint density at radius 3 is 2.71 bits per heavy atom. The molecule has 2 N–H and O–H groups in total. The molecule has 1 heterocycles. The van der Waals surface area contributed by atoms with Gasteiger partial charge in [0.1, 0.15) is 0 Å². The maximum absolute atomic E-state index is 11.1. The molecule has 17 heavy (non-hydrogen) atoms. The Hall–Kier alpha value is -0.920. The van der Waals surface area contributed by atoms with Gasteiger partial charge in [0, 0.05) is 30.9 Å². The molecular formula is C10H20N4O2S. The first-order chi connectivity index (χ1) is 7.94. The van der Waals surface area contributed by atoms with Crippen LogP contribution in [0.5, 0.6) is 0 Å². The quantitative estimate of drug-likeness (QED) is 0.682. The van der Waals surface area contributed by atoms with Crippen molar-refractivity contribution >= 4 is 10.0 Å². The molecule has 0 fully saturated rings. The molecule has 0 amide bonds. The Balaban J connectivity index is 2.31. The highest BCUT2D eigenvalue weighted by molar-refractivity contribution is 7.89. The summed E-state index contributed by atoms with van der Waals surface area (Å²) in [5, 5.41) is 7.28. The molecule has 0 bridgehead atoms. The van der Waals surface area contributed by atoms with Crippen molar-refractivity contribution in [1.29, 1.82) is 0 Å². The van der Waals surface area contributed by atoms with Crippen LogP contribution in [0.3, 0.4) is 0 Å². The maximum Gasteiger partial charge on any atom is 0.212 e. The molecular weight excluding hydrogens is 240 g/mol. The summed E-state index contributed by atoms with van der Waals surface area (Å²) in [4.78, 5) is 0. The van der Waals surface area contributed by atoms with Crippen molar-refractivity contribution in [2.75, 3.05) is 19.3 Å². The molecule has 7 heteroatoms.